The molecule has 1 saturated heterocycles. The lowest BCUT2D eigenvalue weighted by molar-refractivity contribution is 0.124. The highest BCUT2D eigenvalue weighted by atomic mass is 32.2. The largest absolute Gasteiger partial charge is 0.493 e. The van der Waals surface area contributed by atoms with Crippen LogP contribution in [0.25, 0.3) is 0 Å². The van der Waals surface area contributed by atoms with Gasteiger partial charge in [0.1, 0.15) is 12.2 Å². The lowest BCUT2D eigenvalue weighted by Crippen LogP contribution is -2.44. The number of piperidine rings is 1. The molecule has 0 amide bonds. The Morgan fingerprint density at radius 2 is 1.93 bits per heavy atom. The fourth-order valence-electron chi connectivity index (χ4n) is 2.99. The summed E-state index contributed by atoms with van der Waals surface area (Å²) < 4.78 is 43.6. The van der Waals surface area contributed by atoms with E-state index in [4.69, 9.17) is 19.5 Å². The van der Waals surface area contributed by atoms with Gasteiger partial charge in [0.25, 0.3) is 5.88 Å². The van der Waals surface area contributed by atoms with Crippen LogP contribution in [0.4, 0.5) is 0 Å². The van der Waals surface area contributed by atoms with Crippen molar-refractivity contribution < 1.29 is 22.6 Å². The zero-order chi connectivity index (χ0) is 20.1. The van der Waals surface area contributed by atoms with Crippen LogP contribution in [0.15, 0.2) is 35.5 Å². The number of methoxy groups -OCH3 is 2. The van der Waals surface area contributed by atoms with Crippen LogP contribution in [0, 0.1) is 11.3 Å². The Balaban J connectivity index is 1.80. The molecule has 0 spiro atoms. The molecule has 0 bridgehead atoms. The van der Waals surface area contributed by atoms with Crippen molar-refractivity contribution in [2.45, 2.75) is 23.8 Å². The zero-order valence-electron chi connectivity index (χ0n) is 15.5. The van der Waals surface area contributed by atoms with Crippen molar-refractivity contribution in [1.82, 2.24) is 14.3 Å². The van der Waals surface area contributed by atoms with Gasteiger partial charge in [-0.3, -0.25) is 0 Å². The molecule has 0 saturated carbocycles. The third-order valence-corrected chi connectivity index (χ3v) is 6.24. The number of aromatic nitrogens is 2. The van der Waals surface area contributed by atoms with Crippen molar-refractivity contribution >= 4 is 10.0 Å². The molecule has 0 N–H and O–H groups in total. The molecule has 1 unspecified atom stereocenters. The van der Waals surface area contributed by atoms with Gasteiger partial charge < -0.3 is 14.2 Å². The Morgan fingerprint density at radius 3 is 2.64 bits per heavy atom. The summed E-state index contributed by atoms with van der Waals surface area (Å²) in [4.78, 5) is 8.05. The van der Waals surface area contributed by atoms with Gasteiger partial charge in [0.05, 0.1) is 25.7 Å². The zero-order valence-corrected chi connectivity index (χ0v) is 16.3. The minimum absolute atomic E-state index is 0.0716. The van der Waals surface area contributed by atoms with Crippen molar-refractivity contribution in [2.24, 2.45) is 0 Å². The van der Waals surface area contributed by atoms with Gasteiger partial charge in [0, 0.05) is 25.0 Å². The molecular formula is C18H20N4O5S. The third-order valence-electron chi connectivity index (χ3n) is 4.38. The number of hydrogen-bond donors (Lipinski definition) is 0. The molecule has 10 heteroatoms. The fourth-order valence-corrected chi connectivity index (χ4v) is 4.52. The summed E-state index contributed by atoms with van der Waals surface area (Å²) in [6.45, 7) is 0.528. The number of sulfonamides is 1. The number of nitrogens with zero attached hydrogens (tertiary/aromatic N) is 4. The maximum atomic E-state index is 13.1. The van der Waals surface area contributed by atoms with E-state index in [1.54, 1.807) is 6.07 Å². The van der Waals surface area contributed by atoms with E-state index in [-0.39, 0.29) is 23.0 Å². The molecular weight excluding hydrogens is 384 g/mol. The molecule has 1 aromatic heterocycles. The second-order valence-corrected chi connectivity index (χ2v) is 8.02. The van der Waals surface area contributed by atoms with Gasteiger partial charge >= 0.3 is 0 Å². The van der Waals surface area contributed by atoms with Gasteiger partial charge in [-0.25, -0.2) is 18.4 Å². The quantitative estimate of drug-likeness (QED) is 0.713. The summed E-state index contributed by atoms with van der Waals surface area (Å²) in [6.07, 6.45) is 3.68. The molecule has 9 nitrogen and oxygen atoms in total. The first-order valence-electron chi connectivity index (χ1n) is 8.59. The van der Waals surface area contributed by atoms with Crippen LogP contribution in [-0.2, 0) is 10.0 Å². The Bertz CT molecular complexity index is 990. The van der Waals surface area contributed by atoms with E-state index in [1.807, 2.05) is 6.07 Å². The van der Waals surface area contributed by atoms with E-state index >= 15 is 0 Å². The number of rotatable bonds is 6. The standard InChI is InChI=1S/C18H20N4O5S/c1-25-16-6-5-14(10-17(16)26-2)28(23,24)22-9-3-4-13(12-22)27-18-15(11-19)20-7-8-21-18/h5-8,10,13H,3-4,9,12H2,1-2H3. The Labute approximate surface area is 163 Å². The average molecular weight is 404 g/mol. The number of nitriles is 1. The van der Waals surface area contributed by atoms with E-state index in [1.165, 1.54) is 43.1 Å². The third kappa shape index (κ3) is 4.00. The monoisotopic (exact) mass is 404 g/mol. The van der Waals surface area contributed by atoms with E-state index in [2.05, 4.69) is 9.97 Å². The first-order chi connectivity index (χ1) is 13.5. The average Bonchev–Trinajstić information content (AvgIpc) is 2.73. The molecule has 2 heterocycles. The van der Waals surface area contributed by atoms with Crippen LogP contribution in [0.5, 0.6) is 17.4 Å². The fraction of sp³-hybridized carbons (Fsp3) is 0.389. The van der Waals surface area contributed by atoms with E-state index in [0.29, 0.717) is 30.9 Å². The summed E-state index contributed by atoms with van der Waals surface area (Å²) in [5.41, 5.74) is 0.0716. The molecule has 1 atom stereocenters. The van der Waals surface area contributed by atoms with Crippen molar-refractivity contribution in [3.05, 3.63) is 36.3 Å². The second kappa shape index (κ2) is 8.41. The van der Waals surface area contributed by atoms with Gasteiger partial charge in [-0.2, -0.15) is 9.57 Å². The first kappa shape index (κ1) is 19.9. The summed E-state index contributed by atoms with van der Waals surface area (Å²) in [7, 11) is -0.806. The van der Waals surface area contributed by atoms with Crippen molar-refractivity contribution in [1.29, 1.82) is 5.26 Å². The van der Waals surface area contributed by atoms with Crippen LogP contribution in [0.3, 0.4) is 0 Å². The summed E-state index contributed by atoms with van der Waals surface area (Å²) in [5.74, 6) is 0.903. The first-order valence-corrected chi connectivity index (χ1v) is 10.0. The molecule has 1 aromatic carbocycles. The number of benzene rings is 1. The molecule has 0 radical (unpaired) electrons. The number of ether oxygens (including phenoxy) is 3. The topological polar surface area (TPSA) is 115 Å². The van der Waals surface area contributed by atoms with Crippen LogP contribution in [0.1, 0.15) is 18.5 Å². The van der Waals surface area contributed by atoms with Gasteiger partial charge in [0.2, 0.25) is 15.7 Å². The molecule has 1 aliphatic heterocycles. The van der Waals surface area contributed by atoms with Gasteiger partial charge in [-0.15, -0.1) is 0 Å². The van der Waals surface area contributed by atoms with Crippen LogP contribution < -0.4 is 14.2 Å². The SMILES string of the molecule is COc1ccc(S(=O)(=O)N2CCCC(Oc3nccnc3C#N)C2)cc1OC. The van der Waals surface area contributed by atoms with Crippen LogP contribution in [0.2, 0.25) is 0 Å². The minimum atomic E-state index is -3.74. The molecule has 1 fully saturated rings. The molecule has 3 rings (SSSR count). The Hall–Kier alpha value is -2.90. The minimum Gasteiger partial charge on any atom is -0.493 e. The molecule has 2 aromatic rings. The summed E-state index contributed by atoms with van der Waals surface area (Å²) in [6, 6.07) is 6.40. The summed E-state index contributed by atoms with van der Waals surface area (Å²) in [5, 5.41) is 9.11. The summed E-state index contributed by atoms with van der Waals surface area (Å²) >= 11 is 0. The lowest BCUT2D eigenvalue weighted by atomic mass is 10.1. The lowest BCUT2D eigenvalue weighted by Gasteiger charge is -2.31. The van der Waals surface area contributed by atoms with E-state index < -0.39 is 16.1 Å². The normalized spacial score (nSPS) is 17.5. The Kier molecular flexibility index (Phi) is 5.96. The highest BCUT2D eigenvalue weighted by Crippen LogP contribution is 2.31. The van der Waals surface area contributed by atoms with Crippen molar-refractivity contribution in [3.63, 3.8) is 0 Å². The predicted octanol–water partition coefficient (Wildman–Crippen LogP) is 1.60. The van der Waals surface area contributed by atoms with Gasteiger partial charge in [-0.1, -0.05) is 0 Å². The maximum Gasteiger partial charge on any atom is 0.251 e. The maximum absolute atomic E-state index is 13.1. The number of hydrogen-bond acceptors (Lipinski definition) is 8. The van der Waals surface area contributed by atoms with Crippen molar-refractivity contribution in [3.8, 4) is 23.4 Å². The Morgan fingerprint density at radius 1 is 1.18 bits per heavy atom. The van der Waals surface area contributed by atoms with Gasteiger partial charge in [-0.05, 0) is 25.0 Å². The van der Waals surface area contributed by atoms with Gasteiger partial charge in [0.15, 0.2) is 11.5 Å². The van der Waals surface area contributed by atoms with Crippen LogP contribution in [-0.4, -0.2) is 56.1 Å². The van der Waals surface area contributed by atoms with E-state index in [0.717, 1.165) is 0 Å². The smallest absolute Gasteiger partial charge is 0.251 e. The van der Waals surface area contributed by atoms with Crippen LogP contribution >= 0.6 is 0 Å². The molecule has 1 aliphatic rings. The predicted molar refractivity (Wildman–Crippen MR) is 98.7 cm³/mol. The molecule has 148 valence electrons. The molecule has 28 heavy (non-hydrogen) atoms. The van der Waals surface area contributed by atoms with E-state index in [9.17, 15) is 8.42 Å². The van der Waals surface area contributed by atoms with Crippen molar-refractivity contribution in [2.75, 3.05) is 27.3 Å². The highest BCUT2D eigenvalue weighted by Gasteiger charge is 2.32. The second-order valence-electron chi connectivity index (χ2n) is 6.08. The molecule has 0 aliphatic carbocycles. The highest BCUT2D eigenvalue weighted by molar-refractivity contribution is 7.89.